The van der Waals surface area contributed by atoms with Crippen molar-refractivity contribution in [3.63, 3.8) is 0 Å². The normalized spacial score (nSPS) is 11.5. The third-order valence-corrected chi connectivity index (χ3v) is 3.60. The molecule has 0 aliphatic carbocycles. The molecule has 0 atom stereocenters. The standard InChI is InChI=1S/C15H20BrN3/c1-9(2)15-18-13(14(17)19(15)10(3)4)11-6-5-7-12(16)8-11/h5-10H,17H2,1-4H3. The molecule has 0 fully saturated rings. The van der Waals surface area contributed by atoms with Gasteiger partial charge in [0, 0.05) is 22.0 Å². The summed E-state index contributed by atoms with van der Waals surface area (Å²) in [6.45, 7) is 8.56. The van der Waals surface area contributed by atoms with Gasteiger partial charge in [-0.3, -0.25) is 0 Å². The van der Waals surface area contributed by atoms with Crippen molar-refractivity contribution < 1.29 is 0 Å². The Morgan fingerprint density at radius 1 is 1.21 bits per heavy atom. The first kappa shape index (κ1) is 14.1. The Morgan fingerprint density at radius 2 is 1.89 bits per heavy atom. The van der Waals surface area contributed by atoms with E-state index in [9.17, 15) is 0 Å². The van der Waals surface area contributed by atoms with Gasteiger partial charge in [-0.25, -0.2) is 4.98 Å². The van der Waals surface area contributed by atoms with Crippen LogP contribution in [0.15, 0.2) is 28.7 Å². The predicted octanol–water partition coefficient (Wildman–Crippen LogP) is 4.60. The van der Waals surface area contributed by atoms with Crippen molar-refractivity contribution in [1.82, 2.24) is 9.55 Å². The van der Waals surface area contributed by atoms with Crippen LogP contribution in [-0.2, 0) is 0 Å². The number of nitrogens with two attached hydrogens (primary N) is 1. The molecule has 2 rings (SSSR count). The molecule has 0 bridgehead atoms. The highest BCUT2D eigenvalue weighted by Crippen LogP contribution is 2.32. The predicted molar refractivity (Wildman–Crippen MR) is 84.2 cm³/mol. The van der Waals surface area contributed by atoms with E-state index in [1.807, 2.05) is 24.3 Å². The average Bonchev–Trinajstić information content (AvgIpc) is 2.67. The number of hydrogen-bond donors (Lipinski definition) is 1. The van der Waals surface area contributed by atoms with Crippen molar-refractivity contribution in [3.8, 4) is 11.3 Å². The number of benzene rings is 1. The lowest BCUT2D eigenvalue weighted by atomic mass is 10.1. The maximum atomic E-state index is 6.31. The van der Waals surface area contributed by atoms with Crippen LogP contribution >= 0.6 is 15.9 Å². The average molecular weight is 322 g/mol. The van der Waals surface area contributed by atoms with Crippen LogP contribution in [0.4, 0.5) is 5.82 Å². The molecular formula is C15H20BrN3. The first-order valence-corrected chi connectivity index (χ1v) is 7.34. The molecule has 0 amide bonds. The second-order valence-corrected chi connectivity index (χ2v) is 6.25. The SMILES string of the molecule is CC(C)c1nc(-c2cccc(Br)c2)c(N)n1C(C)C. The molecule has 19 heavy (non-hydrogen) atoms. The van der Waals surface area contributed by atoms with E-state index in [-0.39, 0.29) is 0 Å². The quantitative estimate of drug-likeness (QED) is 0.897. The molecule has 0 saturated carbocycles. The van der Waals surface area contributed by atoms with Crippen molar-refractivity contribution in [2.45, 2.75) is 39.7 Å². The second kappa shape index (κ2) is 5.37. The van der Waals surface area contributed by atoms with E-state index >= 15 is 0 Å². The number of nitrogen functional groups attached to an aromatic ring is 1. The monoisotopic (exact) mass is 321 g/mol. The van der Waals surface area contributed by atoms with Crippen LogP contribution in [0, 0.1) is 0 Å². The van der Waals surface area contributed by atoms with Gasteiger partial charge in [0.2, 0.25) is 0 Å². The number of halogens is 1. The van der Waals surface area contributed by atoms with Crippen molar-refractivity contribution >= 4 is 21.7 Å². The zero-order chi connectivity index (χ0) is 14.2. The van der Waals surface area contributed by atoms with Gasteiger partial charge in [0.1, 0.15) is 17.3 Å². The minimum absolute atomic E-state index is 0.311. The summed E-state index contributed by atoms with van der Waals surface area (Å²) in [5, 5.41) is 0. The maximum absolute atomic E-state index is 6.31. The van der Waals surface area contributed by atoms with Crippen LogP contribution in [0.1, 0.15) is 45.5 Å². The second-order valence-electron chi connectivity index (χ2n) is 5.33. The maximum Gasteiger partial charge on any atom is 0.131 e. The molecule has 0 aliphatic heterocycles. The van der Waals surface area contributed by atoms with Gasteiger partial charge in [-0.05, 0) is 26.0 Å². The van der Waals surface area contributed by atoms with E-state index in [1.165, 1.54) is 0 Å². The molecule has 0 spiro atoms. The highest BCUT2D eigenvalue weighted by Gasteiger charge is 2.19. The molecule has 1 heterocycles. The van der Waals surface area contributed by atoms with E-state index in [0.717, 1.165) is 27.4 Å². The number of imidazole rings is 1. The summed E-state index contributed by atoms with van der Waals surface area (Å²) in [7, 11) is 0. The molecule has 4 heteroatoms. The Labute approximate surface area is 123 Å². The van der Waals surface area contributed by atoms with Crippen molar-refractivity contribution in [2.24, 2.45) is 0 Å². The van der Waals surface area contributed by atoms with Gasteiger partial charge >= 0.3 is 0 Å². The van der Waals surface area contributed by atoms with Gasteiger partial charge in [0.25, 0.3) is 0 Å². The van der Waals surface area contributed by atoms with Gasteiger partial charge in [0.15, 0.2) is 0 Å². The lowest BCUT2D eigenvalue weighted by Gasteiger charge is -2.15. The van der Waals surface area contributed by atoms with Gasteiger partial charge < -0.3 is 10.3 Å². The fraction of sp³-hybridized carbons (Fsp3) is 0.400. The number of anilines is 1. The molecule has 0 saturated heterocycles. The van der Waals surface area contributed by atoms with Crippen LogP contribution in [0.5, 0.6) is 0 Å². The molecule has 1 aromatic heterocycles. The van der Waals surface area contributed by atoms with Crippen LogP contribution in [0.2, 0.25) is 0 Å². The van der Waals surface area contributed by atoms with Crippen molar-refractivity contribution in [2.75, 3.05) is 5.73 Å². The third-order valence-electron chi connectivity index (χ3n) is 3.11. The number of hydrogen-bond acceptors (Lipinski definition) is 2. The van der Waals surface area contributed by atoms with Crippen molar-refractivity contribution in [1.29, 1.82) is 0 Å². The minimum Gasteiger partial charge on any atom is -0.383 e. The summed E-state index contributed by atoms with van der Waals surface area (Å²) in [4.78, 5) is 4.76. The van der Waals surface area contributed by atoms with Crippen LogP contribution in [0.25, 0.3) is 11.3 Å². The Kier molecular flexibility index (Phi) is 3.99. The topological polar surface area (TPSA) is 43.8 Å². The number of aromatic nitrogens is 2. The van der Waals surface area contributed by atoms with Crippen molar-refractivity contribution in [3.05, 3.63) is 34.6 Å². The van der Waals surface area contributed by atoms with E-state index in [1.54, 1.807) is 0 Å². The molecular weight excluding hydrogens is 302 g/mol. The molecule has 0 radical (unpaired) electrons. The number of nitrogens with zero attached hydrogens (tertiary/aromatic N) is 2. The molecule has 2 aromatic rings. The highest BCUT2D eigenvalue weighted by molar-refractivity contribution is 9.10. The van der Waals surface area contributed by atoms with Crippen LogP contribution in [-0.4, -0.2) is 9.55 Å². The Morgan fingerprint density at radius 3 is 2.37 bits per heavy atom. The summed E-state index contributed by atoms with van der Waals surface area (Å²) in [6.07, 6.45) is 0. The summed E-state index contributed by atoms with van der Waals surface area (Å²) < 4.78 is 3.16. The van der Waals surface area contributed by atoms with Gasteiger partial charge in [-0.2, -0.15) is 0 Å². The highest BCUT2D eigenvalue weighted by atomic mass is 79.9. The van der Waals surface area contributed by atoms with Crippen LogP contribution < -0.4 is 5.73 Å². The van der Waals surface area contributed by atoms with E-state index < -0.39 is 0 Å². The lowest BCUT2D eigenvalue weighted by Crippen LogP contribution is -2.10. The minimum atomic E-state index is 0.311. The Hall–Kier alpha value is -1.29. The smallest absolute Gasteiger partial charge is 0.131 e. The Bertz CT molecular complexity index is 585. The lowest BCUT2D eigenvalue weighted by molar-refractivity contribution is 0.556. The fourth-order valence-corrected chi connectivity index (χ4v) is 2.66. The van der Waals surface area contributed by atoms with Crippen LogP contribution in [0.3, 0.4) is 0 Å². The zero-order valence-corrected chi connectivity index (χ0v) is 13.4. The summed E-state index contributed by atoms with van der Waals surface area (Å²) >= 11 is 3.49. The van der Waals surface area contributed by atoms with E-state index in [0.29, 0.717) is 12.0 Å². The molecule has 2 N–H and O–H groups in total. The summed E-state index contributed by atoms with van der Waals surface area (Å²) in [5.74, 6) is 2.14. The van der Waals surface area contributed by atoms with E-state index in [4.69, 9.17) is 10.7 Å². The molecule has 0 aliphatic rings. The molecule has 3 nitrogen and oxygen atoms in total. The zero-order valence-electron chi connectivity index (χ0n) is 11.8. The van der Waals surface area contributed by atoms with Gasteiger partial charge in [-0.1, -0.05) is 41.9 Å². The molecule has 102 valence electrons. The Balaban J connectivity index is 2.62. The molecule has 0 unspecified atom stereocenters. The first-order valence-electron chi connectivity index (χ1n) is 6.55. The van der Waals surface area contributed by atoms with Gasteiger partial charge in [0.05, 0.1) is 0 Å². The number of rotatable bonds is 3. The molecule has 1 aromatic carbocycles. The summed E-state index contributed by atoms with van der Waals surface area (Å²) in [5.41, 5.74) is 8.23. The largest absolute Gasteiger partial charge is 0.383 e. The van der Waals surface area contributed by atoms with Gasteiger partial charge in [-0.15, -0.1) is 0 Å². The third kappa shape index (κ3) is 2.68. The summed E-state index contributed by atoms with van der Waals surface area (Å²) in [6, 6.07) is 8.40. The fourth-order valence-electron chi connectivity index (χ4n) is 2.26. The van der Waals surface area contributed by atoms with E-state index in [2.05, 4.69) is 48.2 Å². The first-order chi connectivity index (χ1) is 8.91.